The van der Waals surface area contributed by atoms with E-state index in [0.29, 0.717) is 6.61 Å². The Morgan fingerprint density at radius 2 is 2.22 bits per heavy atom. The summed E-state index contributed by atoms with van der Waals surface area (Å²) in [6, 6.07) is 10.2. The van der Waals surface area contributed by atoms with Gasteiger partial charge in [0.2, 0.25) is 0 Å². The van der Waals surface area contributed by atoms with E-state index in [1.165, 1.54) is 5.56 Å². The molecule has 1 aromatic heterocycles. The minimum Gasteiger partial charge on any atom is -0.492 e. The summed E-state index contributed by atoms with van der Waals surface area (Å²) in [5, 5.41) is 3.92. The highest BCUT2D eigenvalue weighted by Gasteiger charge is 2.16. The highest BCUT2D eigenvalue weighted by molar-refractivity contribution is 5.33. The van der Waals surface area contributed by atoms with Crippen LogP contribution in [0.4, 0.5) is 0 Å². The zero-order valence-corrected chi connectivity index (χ0v) is 10.4. The molecule has 0 amide bonds. The number of hydrogen-bond acceptors (Lipinski definition) is 4. The van der Waals surface area contributed by atoms with Gasteiger partial charge in [0.25, 0.3) is 0 Å². The Morgan fingerprint density at radius 1 is 1.33 bits per heavy atom. The van der Waals surface area contributed by atoms with Crippen LogP contribution in [0.5, 0.6) is 5.75 Å². The Morgan fingerprint density at radius 3 is 3.06 bits per heavy atom. The molecule has 18 heavy (non-hydrogen) atoms. The molecule has 0 atom stereocenters. The molecule has 0 bridgehead atoms. The minimum atomic E-state index is 0.712. The molecule has 4 nitrogen and oxygen atoms in total. The van der Waals surface area contributed by atoms with Crippen LogP contribution in [0.15, 0.2) is 34.9 Å². The van der Waals surface area contributed by atoms with Gasteiger partial charge in [-0.05, 0) is 13.0 Å². The highest BCUT2D eigenvalue weighted by Crippen LogP contribution is 2.23. The van der Waals surface area contributed by atoms with Crippen LogP contribution >= 0.6 is 0 Å². The van der Waals surface area contributed by atoms with Crippen LogP contribution in [-0.2, 0) is 13.1 Å². The maximum Gasteiger partial charge on any atom is 0.150 e. The maximum absolute atomic E-state index is 5.73. The van der Waals surface area contributed by atoms with Crippen molar-refractivity contribution in [2.45, 2.75) is 20.0 Å². The van der Waals surface area contributed by atoms with Gasteiger partial charge in [-0.1, -0.05) is 23.4 Å². The Labute approximate surface area is 106 Å². The van der Waals surface area contributed by atoms with Gasteiger partial charge in [-0.25, -0.2) is 0 Å². The van der Waals surface area contributed by atoms with Gasteiger partial charge in [0.05, 0.1) is 12.2 Å². The van der Waals surface area contributed by atoms with Crippen molar-refractivity contribution in [3.63, 3.8) is 0 Å². The van der Waals surface area contributed by atoms with E-state index in [1.807, 2.05) is 31.2 Å². The molecular weight excluding hydrogens is 228 g/mol. The first-order valence-corrected chi connectivity index (χ1v) is 6.16. The molecule has 0 unspecified atom stereocenters. The van der Waals surface area contributed by atoms with Crippen LogP contribution in [0.25, 0.3) is 0 Å². The molecule has 4 heteroatoms. The Balaban J connectivity index is 1.75. The van der Waals surface area contributed by atoms with E-state index in [4.69, 9.17) is 9.26 Å². The average molecular weight is 244 g/mol. The lowest BCUT2D eigenvalue weighted by Crippen LogP contribution is -2.25. The predicted molar refractivity (Wildman–Crippen MR) is 67.3 cm³/mol. The zero-order chi connectivity index (χ0) is 12.4. The number of ether oxygens (including phenoxy) is 1. The van der Waals surface area contributed by atoms with Crippen LogP contribution in [0.2, 0.25) is 0 Å². The number of rotatable bonds is 2. The molecule has 1 aliphatic rings. The second kappa shape index (κ2) is 4.82. The van der Waals surface area contributed by atoms with Gasteiger partial charge >= 0.3 is 0 Å². The van der Waals surface area contributed by atoms with E-state index in [2.05, 4.69) is 16.1 Å². The molecule has 0 radical (unpaired) electrons. The average Bonchev–Trinajstić information content (AvgIpc) is 2.66. The molecule has 0 aliphatic carbocycles. The first-order valence-electron chi connectivity index (χ1n) is 6.16. The fourth-order valence-corrected chi connectivity index (χ4v) is 2.23. The molecule has 0 spiro atoms. The van der Waals surface area contributed by atoms with Gasteiger partial charge < -0.3 is 9.26 Å². The van der Waals surface area contributed by atoms with E-state index >= 15 is 0 Å². The Hall–Kier alpha value is -1.81. The summed E-state index contributed by atoms with van der Waals surface area (Å²) in [6.07, 6.45) is 0. The molecule has 2 aromatic rings. The van der Waals surface area contributed by atoms with Crippen LogP contribution in [-0.4, -0.2) is 23.2 Å². The minimum absolute atomic E-state index is 0.712. The third-order valence-electron chi connectivity index (χ3n) is 3.09. The third-order valence-corrected chi connectivity index (χ3v) is 3.09. The smallest absolute Gasteiger partial charge is 0.150 e. The summed E-state index contributed by atoms with van der Waals surface area (Å²) in [4.78, 5) is 2.31. The first kappa shape index (κ1) is 11.3. The van der Waals surface area contributed by atoms with Crippen molar-refractivity contribution in [2.75, 3.05) is 13.2 Å². The van der Waals surface area contributed by atoms with Gasteiger partial charge in [0.1, 0.15) is 12.4 Å². The van der Waals surface area contributed by atoms with E-state index in [0.717, 1.165) is 36.8 Å². The summed E-state index contributed by atoms with van der Waals surface area (Å²) in [7, 11) is 0. The molecule has 1 aromatic carbocycles. The number of para-hydroxylation sites is 1. The SMILES string of the molecule is Cc1cc(CN2CCOc3ccccc3C2)on1. The summed E-state index contributed by atoms with van der Waals surface area (Å²) < 4.78 is 11.0. The van der Waals surface area contributed by atoms with Crippen LogP contribution < -0.4 is 4.74 Å². The van der Waals surface area contributed by atoms with E-state index < -0.39 is 0 Å². The molecule has 1 aliphatic heterocycles. The molecular formula is C14H16N2O2. The molecule has 3 rings (SSSR count). The lowest BCUT2D eigenvalue weighted by atomic mass is 10.2. The fraction of sp³-hybridized carbons (Fsp3) is 0.357. The van der Waals surface area contributed by atoms with Gasteiger partial charge in [-0.2, -0.15) is 0 Å². The monoisotopic (exact) mass is 244 g/mol. The quantitative estimate of drug-likeness (QED) is 0.813. The van der Waals surface area contributed by atoms with Crippen molar-refractivity contribution in [3.05, 3.63) is 47.3 Å². The molecule has 0 saturated heterocycles. The highest BCUT2D eigenvalue weighted by atomic mass is 16.5. The van der Waals surface area contributed by atoms with Crippen molar-refractivity contribution >= 4 is 0 Å². The summed E-state index contributed by atoms with van der Waals surface area (Å²) in [6.45, 7) is 5.21. The Bertz CT molecular complexity index is 536. The fourth-order valence-electron chi connectivity index (χ4n) is 2.23. The van der Waals surface area contributed by atoms with Gasteiger partial charge in [0.15, 0.2) is 5.76 Å². The largest absolute Gasteiger partial charge is 0.492 e. The molecule has 94 valence electrons. The van der Waals surface area contributed by atoms with Gasteiger partial charge in [0, 0.05) is 24.7 Å². The molecule has 0 saturated carbocycles. The predicted octanol–water partition coefficient (Wildman–Crippen LogP) is 2.38. The number of hydrogen-bond donors (Lipinski definition) is 0. The third kappa shape index (κ3) is 2.38. The molecule has 0 N–H and O–H groups in total. The summed E-state index contributed by atoms with van der Waals surface area (Å²) >= 11 is 0. The first-order chi connectivity index (χ1) is 8.81. The van der Waals surface area contributed by atoms with Crippen LogP contribution in [0.1, 0.15) is 17.0 Å². The lowest BCUT2D eigenvalue weighted by molar-refractivity contribution is 0.199. The standard InChI is InChI=1S/C14H16N2O2/c1-11-8-13(18-15-11)10-16-6-7-17-14-5-3-2-4-12(14)9-16/h2-5,8H,6-7,9-10H2,1H3. The molecule has 0 fully saturated rings. The number of nitrogens with zero attached hydrogens (tertiary/aromatic N) is 2. The van der Waals surface area contributed by atoms with Crippen LogP contribution in [0, 0.1) is 6.92 Å². The number of aryl methyl sites for hydroxylation is 1. The van der Waals surface area contributed by atoms with E-state index in [1.54, 1.807) is 0 Å². The number of aromatic nitrogens is 1. The summed E-state index contributed by atoms with van der Waals surface area (Å²) in [5.74, 6) is 1.90. The normalized spacial score (nSPS) is 15.8. The maximum atomic E-state index is 5.73. The van der Waals surface area contributed by atoms with Crippen molar-refractivity contribution in [1.82, 2.24) is 10.1 Å². The van der Waals surface area contributed by atoms with Crippen molar-refractivity contribution < 1.29 is 9.26 Å². The molecule has 2 heterocycles. The summed E-state index contributed by atoms with van der Waals surface area (Å²) in [5.41, 5.74) is 2.16. The Kier molecular flexibility index (Phi) is 3.02. The second-order valence-corrected chi connectivity index (χ2v) is 4.60. The van der Waals surface area contributed by atoms with Crippen molar-refractivity contribution in [1.29, 1.82) is 0 Å². The lowest BCUT2D eigenvalue weighted by Gasteiger charge is -2.17. The zero-order valence-electron chi connectivity index (χ0n) is 10.4. The van der Waals surface area contributed by atoms with Gasteiger partial charge in [-0.3, -0.25) is 4.90 Å². The second-order valence-electron chi connectivity index (χ2n) is 4.60. The topological polar surface area (TPSA) is 38.5 Å². The van der Waals surface area contributed by atoms with Crippen molar-refractivity contribution in [2.24, 2.45) is 0 Å². The van der Waals surface area contributed by atoms with Crippen LogP contribution in [0.3, 0.4) is 0 Å². The van der Waals surface area contributed by atoms with Gasteiger partial charge in [-0.15, -0.1) is 0 Å². The van der Waals surface area contributed by atoms with Crippen molar-refractivity contribution in [3.8, 4) is 5.75 Å². The van der Waals surface area contributed by atoms with E-state index in [9.17, 15) is 0 Å². The number of benzene rings is 1. The number of fused-ring (bicyclic) bond motifs is 1. The van der Waals surface area contributed by atoms with E-state index in [-0.39, 0.29) is 0 Å².